The van der Waals surface area contributed by atoms with Crippen molar-refractivity contribution in [3.63, 3.8) is 0 Å². The minimum Gasteiger partial charge on any atom is -0.368 e. The number of rotatable bonds is 3. The van der Waals surface area contributed by atoms with Crippen molar-refractivity contribution < 1.29 is 9.59 Å². The van der Waals surface area contributed by atoms with Gasteiger partial charge in [-0.2, -0.15) is 0 Å². The number of anilines is 2. The standard InChI is InChI=1S/C22H24ClN3O2/c1-16-4-7-18(23)15-20(16)24-11-13-25(14-12-24)22(28)17-5-8-19(9-6-17)26-10-2-3-21(26)27/h4-9,15H,2-3,10-14H2,1H3. The maximum Gasteiger partial charge on any atom is 0.253 e. The summed E-state index contributed by atoms with van der Waals surface area (Å²) in [5.41, 5.74) is 3.87. The minimum atomic E-state index is 0.0433. The average molecular weight is 398 g/mol. The highest BCUT2D eigenvalue weighted by Gasteiger charge is 2.25. The SMILES string of the molecule is Cc1ccc(Cl)cc1N1CCN(C(=O)c2ccc(N3CCCC3=O)cc2)CC1. The second-order valence-electron chi connectivity index (χ2n) is 7.41. The molecular formula is C22H24ClN3O2. The molecule has 0 N–H and O–H groups in total. The van der Waals surface area contributed by atoms with Gasteiger partial charge in [0.1, 0.15) is 0 Å². The second-order valence-corrected chi connectivity index (χ2v) is 7.84. The summed E-state index contributed by atoms with van der Waals surface area (Å²) in [5, 5.41) is 0.732. The number of amides is 2. The topological polar surface area (TPSA) is 43.9 Å². The Bertz CT molecular complexity index is 889. The van der Waals surface area contributed by atoms with Gasteiger partial charge in [0.05, 0.1) is 0 Å². The Hall–Kier alpha value is -2.53. The lowest BCUT2D eigenvalue weighted by Crippen LogP contribution is -2.49. The molecule has 4 rings (SSSR count). The van der Waals surface area contributed by atoms with E-state index in [1.54, 1.807) is 4.90 Å². The molecule has 0 radical (unpaired) electrons. The van der Waals surface area contributed by atoms with Gasteiger partial charge in [-0.1, -0.05) is 17.7 Å². The van der Waals surface area contributed by atoms with Gasteiger partial charge in [-0.05, 0) is 55.3 Å². The molecule has 2 aliphatic heterocycles. The Balaban J connectivity index is 1.40. The molecule has 0 aromatic heterocycles. The molecule has 146 valence electrons. The molecule has 2 aromatic carbocycles. The van der Waals surface area contributed by atoms with Crippen LogP contribution in [0.15, 0.2) is 42.5 Å². The van der Waals surface area contributed by atoms with Crippen LogP contribution >= 0.6 is 11.6 Å². The van der Waals surface area contributed by atoms with Crippen molar-refractivity contribution in [3.8, 4) is 0 Å². The molecule has 0 aliphatic carbocycles. The minimum absolute atomic E-state index is 0.0433. The lowest BCUT2D eigenvalue weighted by molar-refractivity contribution is -0.117. The molecule has 2 heterocycles. The van der Waals surface area contributed by atoms with Crippen LogP contribution in [0.2, 0.25) is 5.02 Å². The molecular weight excluding hydrogens is 374 g/mol. The van der Waals surface area contributed by atoms with Crippen LogP contribution in [0.25, 0.3) is 0 Å². The van der Waals surface area contributed by atoms with E-state index >= 15 is 0 Å². The van der Waals surface area contributed by atoms with Gasteiger partial charge in [0, 0.05) is 61.1 Å². The van der Waals surface area contributed by atoms with Crippen LogP contribution in [0.1, 0.15) is 28.8 Å². The van der Waals surface area contributed by atoms with Gasteiger partial charge in [0.25, 0.3) is 5.91 Å². The molecule has 2 saturated heterocycles. The summed E-state index contributed by atoms with van der Waals surface area (Å²) in [5.74, 6) is 0.202. The summed E-state index contributed by atoms with van der Waals surface area (Å²) in [4.78, 5) is 30.7. The summed E-state index contributed by atoms with van der Waals surface area (Å²) in [6.07, 6.45) is 1.51. The van der Waals surface area contributed by atoms with Gasteiger partial charge in [-0.3, -0.25) is 9.59 Å². The average Bonchev–Trinajstić information content (AvgIpc) is 3.15. The predicted octanol–water partition coefficient (Wildman–Crippen LogP) is 3.74. The highest BCUT2D eigenvalue weighted by atomic mass is 35.5. The molecule has 6 heteroatoms. The fraction of sp³-hybridized carbons (Fsp3) is 0.364. The van der Waals surface area contributed by atoms with E-state index in [0.29, 0.717) is 25.1 Å². The molecule has 5 nitrogen and oxygen atoms in total. The Morgan fingerprint density at radius 2 is 1.68 bits per heavy atom. The van der Waals surface area contributed by atoms with Crippen LogP contribution in [0.4, 0.5) is 11.4 Å². The van der Waals surface area contributed by atoms with Crippen molar-refractivity contribution in [2.45, 2.75) is 19.8 Å². The first-order chi connectivity index (χ1) is 13.5. The van der Waals surface area contributed by atoms with Gasteiger partial charge in [-0.15, -0.1) is 0 Å². The first kappa shape index (κ1) is 18.8. The maximum atomic E-state index is 12.9. The zero-order valence-electron chi connectivity index (χ0n) is 16.0. The number of piperazine rings is 1. The van der Waals surface area contributed by atoms with Crippen molar-refractivity contribution in [2.24, 2.45) is 0 Å². The number of carbonyl (C=O) groups is 2. The van der Waals surface area contributed by atoms with E-state index in [9.17, 15) is 9.59 Å². The third kappa shape index (κ3) is 3.72. The van der Waals surface area contributed by atoms with Crippen LogP contribution in [-0.4, -0.2) is 49.4 Å². The zero-order valence-corrected chi connectivity index (χ0v) is 16.8. The molecule has 2 aliphatic rings. The fourth-order valence-electron chi connectivity index (χ4n) is 3.96. The van der Waals surface area contributed by atoms with E-state index < -0.39 is 0 Å². The number of aryl methyl sites for hydroxylation is 1. The molecule has 2 fully saturated rings. The zero-order chi connectivity index (χ0) is 19.7. The fourth-order valence-corrected chi connectivity index (χ4v) is 4.13. The Morgan fingerprint density at radius 3 is 2.32 bits per heavy atom. The van der Waals surface area contributed by atoms with Crippen LogP contribution in [-0.2, 0) is 4.79 Å². The van der Waals surface area contributed by atoms with Crippen LogP contribution < -0.4 is 9.80 Å². The summed E-state index contributed by atoms with van der Waals surface area (Å²) >= 11 is 6.15. The van der Waals surface area contributed by atoms with E-state index in [4.69, 9.17) is 11.6 Å². The number of hydrogen-bond acceptors (Lipinski definition) is 3. The number of halogens is 1. The Labute approximate surface area is 170 Å². The lowest BCUT2D eigenvalue weighted by Gasteiger charge is -2.37. The predicted molar refractivity (Wildman–Crippen MR) is 112 cm³/mol. The van der Waals surface area contributed by atoms with Gasteiger partial charge < -0.3 is 14.7 Å². The summed E-state index contributed by atoms with van der Waals surface area (Å²) in [6, 6.07) is 13.3. The van der Waals surface area contributed by atoms with E-state index in [1.807, 2.05) is 47.4 Å². The molecule has 0 atom stereocenters. The number of nitrogens with zero attached hydrogens (tertiary/aromatic N) is 3. The number of carbonyl (C=O) groups excluding carboxylic acids is 2. The molecule has 2 aromatic rings. The molecule has 0 unspecified atom stereocenters. The normalized spacial score (nSPS) is 17.4. The van der Waals surface area contributed by atoms with Gasteiger partial charge in [0.2, 0.25) is 5.91 Å². The monoisotopic (exact) mass is 397 g/mol. The van der Waals surface area contributed by atoms with Crippen molar-refractivity contribution in [1.29, 1.82) is 0 Å². The van der Waals surface area contributed by atoms with Gasteiger partial charge >= 0.3 is 0 Å². The van der Waals surface area contributed by atoms with Crippen molar-refractivity contribution in [3.05, 3.63) is 58.6 Å². The van der Waals surface area contributed by atoms with Gasteiger partial charge in [-0.25, -0.2) is 0 Å². The highest BCUT2D eigenvalue weighted by molar-refractivity contribution is 6.30. The summed E-state index contributed by atoms with van der Waals surface area (Å²) in [7, 11) is 0. The second kappa shape index (κ2) is 7.84. The largest absolute Gasteiger partial charge is 0.368 e. The van der Waals surface area contributed by atoms with Crippen molar-refractivity contribution >= 4 is 34.8 Å². The lowest BCUT2D eigenvalue weighted by atomic mass is 10.1. The highest BCUT2D eigenvalue weighted by Crippen LogP contribution is 2.26. The summed E-state index contributed by atoms with van der Waals surface area (Å²) < 4.78 is 0. The summed E-state index contributed by atoms with van der Waals surface area (Å²) in [6.45, 7) is 5.77. The van der Waals surface area contributed by atoms with E-state index in [1.165, 1.54) is 5.56 Å². The van der Waals surface area contributed by atoms with Gasteiger partial charge in [0.15, 0.2) is 0 Å². The van der Waals surface area contributed by atoms with Crippen molar-refractivity contribution in [2.75, 3.05) is 42.5 Å². The van der Waals surface area contributed by atoms with E-state index in [0.717, 1.165) is 42.5 Å². The van der Waals surface area contributed by atoms with Crippen LogP contribution in [0, 0.1) is 6.92 Å². The number of benzene rings is 2. The first-order valence-electron chi connectivity index (χ1n) is 9.74. The van der Waals surface area contributed by atoms with E-state index in [-0.39, 0.29) is 11.8 Å². The Morgan fingerprint density at radius 1 is 0.964 bits per heavy atom. The maximum absolute atomic E-state index is 12.9. The molecule has 28 heavy (non-hydrogen) atoms. The van der Waals surface area contributed by atoms with E-state index in [2.05, 4.69) is 11.8 Å². The van der Waals surface area contributed by atoms with Crippen LogP contribution in [0.3, 0.4) is 0 Å². The van der Waals surface area contributed by atoms with Crippen LogP contribution in [0.5, 0.6) is 0 Å². The molecule has 0 spiro atoms. The Kier molecular flexibility index (Phi) is 5.27. The quantitative estimate of drug-likeness (QED) is 0.792. The molecule has 0 bridgehead atoms. The first-order valence-corrected chi connectivity index (χ1v) is 10.1. The third-order valence-electron chi connectivity index (χ3n) is 5.58. The molecule has 0 saturated carbocycles. The van der Waals surface area contributed by atoms with Crippen molar-refractivity contribution in [1.82, 2.24) is 4.90 Å². The smallest absolute Gasteiger partial charge is 0.253 e. The third-order valence-corrected chi connectivity index (χ3v) is 5.81. The molecule has 2 amide bonds. The number of hydrogen-bond donors (Lipinski definition) is 0.